The molecule has 1 aromatic carbocycles. The molecule has 0 aliphatic carbocycles. The lowest BCUT2D eigenvalue weighted by molar-refractivity contribution is -0.121. The largest absolute Gasteiger partial charge is 0.452 e. The summed E-state index contributed by atoms with van der Waals surface area (Å²) >= 11 is 0. The van der Waals surface area contributed by atoms with Crippen molar-refractivity contribution < 1.29 is 18.7 Å². The van der Waals surface area contributed by atoms with Gasteiger partial charge in [0.15, 0.2) is 12.3 Å². The van der Waals surface area contributed by atoms with Gasteiger partial charge in [-0.25, -0.2) is 14.0 Å². The van der Waals surface area contributed by atoms with Crippen molar-refractivity contribution in [1.82, 2.24) is 9.55 Å². The molecule has 0 bridgehead atoms. The van der Waals surface area contributed by atoms with E-state index in [-0.39, 0.29) is 30.2 Å². The van der Waals surface area contributed by atoms with Crippen molar-refractivity contribution in [2.45, 2.75) is 52.5 Å². The molecule has 10 heteroatoms. The molecular formula is C22H29FN4O5. The number of nitrogen functional groups attached to an aromatic ring is 1. The Morgan fingerprint density at radius 3 is 2.47 bits per heavy atom. The second-order valence-corrected chi connectivity index (χ2v) is 7.31. The number of unbranched alkanes of at least 4 members (excludes halogenated alkanes) is 3. The molecule has 174 valence electrons. The van der Waals surface area contributed by atoms with E-state index in [0.717, 1.165) is 30.2 Å². The molecule has 0 spiro atoms. The van der Waals surface area contributed by atoms with Crippen LogP contribution in [0.4, 0.5) is 15.9 Å². The first-order chi connectivity index (χ1) is 15.3. The highest BCUT2D eigenvalue weighted by molar-refractivity contribution is 5.98. The van der Waals surface area contributed by atoms with Crippen LogP contribution < -0.4 is 21.9 Å². The third kappa shape index (κ3) is 6.05. The lowest BCUT2D eigenvalue weighted by atomic mass is 10.2. The van der Waals surface area contributed by atoms with Crippen molar-refractivity contribution in [2.75, 3.05) is 23.8 Å². The van der Waals surface area contributed by atoms with Crippen molar-refractivity contribution >= 4 is 23.4 Å². The number of amides is 1. The molecule has 0 aliphatic rings. The van der Waals surface area contributed by atoms with Crippen molar-refractivity contribution in [2.24, 2.45) is 0 Å². The molecule has 0 saturated carbocycles. The van der Waals surface area contributed by atoms with Gasteiger partial charge in [-0.15, -0.1) is 0 Å². The minimum atomic E-state index is -1.00. The number of aromatic amines is 1. The predicted molar refractivity (Wildman–Crippen MR) is 119 cm³/mol. The van der Waals surface area contributed by atoms with E-state index in [1.807, 2.05) is 13.8 Å². The molecular weight excluding hydrogens is 419 g/mol. The quantitative estimate of drug-likeness (QED) is 0.401. The van der Waals surface area contributed by atoms with Crippen LogP contribution in [-0.2, 0) is 16.1 Å². The highest BCUT2D eigenvalue weighted by Crippen LogP contribution is 2.19. The van der Waals surface area contributed by atoms with Gasteiger partial charge < -0.3 is 15.4 Å². The zero-order valence-corrected chi connectivity index (χ0v) is 18.4. The standard InChI is InChI=1S/C22H29FN4O5/c1-3-5-9-13-26(17(28)14-32-21(30)15-10-7-8-11-16(15)23)18-19(24)27(12-6-4-2)22(31)25-20(18)29/h7-8,10-11H,3-6,9,12-14,24H2,1-2H3,(H,25,29,31). The fourth-order valence-electron chi connectivity index (χ4n) is 3.17. The van der Waals surface area contributed by atoms with Crippen molar-refractivity contribution in [3.63, 3.8) is 0 Å². The summed E-state index contributed by atoms with van der Waals surface area (Å²) < 4.78 is 20.0. The average molecular weight is 448 g/mol. The summed E-state index contributed by atoms with van der Waals surface area (Å²) in [6.07, 6.45) is 3.67. The van der Waals surface area contributed by atoms with Crippen LogP contribution in [0.1, 0.15) is 56.3 Å². The zero-order chi connectivity index (χ0) is 23.7. The Morgan fingerprint density at radius 1 is 1.12 bits per heavy atom. The minimum Gasteiger partial charge on any atom is -0.452 e. The minimum absolute atomic E-state index is 0.127. The zero-order valence-electron chi connectivity index (χ0n) is 18.4. The third-order valence-electron chi connectivity index (χ3n) is 4.93. The lowest BCUT2D eigenvalue weighted by Gasteiger charge is -2.24. The van der Waals surface area contributed by atoms with E-state index in [1.54, 1.807) is 0 Å². The van der Waals surface area contributed by atoms with Crippen LogP contribution in [0.15, 0.2) is 33.9 Å². The highest BCUT2D eigenvalue weighted by atomic mass is 19.1. The molecule has 1 aromatic heterocycles. The number of hydrogen-bond acceptors (Lipinski definition) is 6. The van der Waals surface area contributed by atoms with Gasteiger partial charge in [0.1, 0.15) is 11.6 Å². The summed E-state index contributed by atoms with van der Waals surface area (Å²) in [7, 11) is 0. The van der Waals surface area contributed by atoms with Gasteiger partial charge in [0, 0.05) is 13.1 Å². The first-order valence-corrected chi connectivity index (χ1v) is 10.7. The third-order valence-corrected chi connectivity index (χ3v) is 4.93. The predicted octanol–water partition coefficient (Wildman–Crippen LogP) is 2.44. The number of benzene rings is 1. The van der Waals surface area contributed by atoms with Gasteiger partial charge in [-0.3, -0.25) is 19.1 Å². The van der Waals surface area contributed by atoms with Crippen LogP contribution in [0, 0.1) is 5.82 Å². The van der Waals surface area contributed by atoms with E-state index in [1.165, 1.54) is 22.8 Å². The summed E-state index contributed by atoms with van der Waals surface area (Å²) in [5, 5.41) is 0. The van der Waals surface area contributed by atoms with Crippen LogP contribution >= 0.6 is 0 Å². The number of nitrogens with two attached hydrogens (primary N) is 1. The molecule has 2 aromatic rings. The number of nitrogens with one attached hydrogen (secondary N) is 1. The summed E-state index contributed by atoms with van der Waals surface area (Å²) in [5.41, 5.74) is 4.21. The van der Waals surface area contributed by atoms with Crippen molar-refractivity contribution in [3.8, 4) is 0 Å². The Kier molecular flexibility index (Phi) is 9.18. The number of rotatable bonds is 11. The average Bonchev–Trinajstić information content (AvgIpc) is 2.76. The Hall–Kier alpha value is -3.43. The van der Waals surface area contributed by atoms with Crippen LogP contribution in [0.5, 0.6) is 0 Å². The van der Waals surface area contributed by atoms with E-state index >= 15 is 0 Å². The Labute approximate surface area is 185 Å². The molecule has 0 radical (unpaired) electrons. The number of ether oxygens (including phenoxy) is 1. The van der Waals surface area contributed by atoms with Gasteiger partial charge >= 0.3 is 11.7 Å². The summed E-state index contributed by atoms with van der Waals surface area (Å²) in [6.45, 7) is 3.63. The molecule has 0 aliphatic heterocycles. The summed E-state index contributed by atoms with van der Waals surface area (Å²) in [5.74, 6) is -2.60. The molecule has 1 heterocycles. The second-order valence-electron chi connectivity index (χ2n) is 7.31. The molecule has 32 heavy (non-hydrogen) atoms. The molecule has 0 unspecified atom stereocenters. The van der Waals surface area contributed by atoms with Crippen molar-refractivity contribution in [1.29, 1.82) is 0 Å². The van der Waals surface area contributed by atoms with Crippen LogP contribution in [-0.4, -0.2) is 34.6 Å². The number of carbonyl (C=O) groups is 2. The maximum absolute atomic E-state index is 13.8. The van der Waals surface area contributed by atoms with Crippen LogP contribution in [0.3, 0.4) is 0 Å². The van der Waals surface area contributed by atoms with Gasteiger partial charge in [0.25, 0.3) is 11.5 Å². The van der Waals surface area contributed by atoms with Gasteiger partial charge in [-0.2, -0.15) is 0 Å². The molecule has 3 N–H and O–H groups in total. The lowest BCUT2D eigenvalue weighted by Crippen LogP contribution is -2.43. The Balaban J connectivity index is 2.32. The maximum atomic E-state index is 13.8. The molecule has 1 amide bonds. The normalized spacial score (nSPS) is 10.7. The van der Waals surface area contributed by atoms with E-state index < -0.39 is 35.5 Å². The van der Waals surface area contributed by atoms with Gasteiger partial charge in [0.2, 0.25) is 0 Å². The number of anilines is 2. The first-order valence-electron chi connectivity index (χ1n) is 10.7. The molecule has 0 saturated heterocycles. The highest BCUT2D eigenvalue weighted by Gasteiger charge is 2.25. The van der Waals surface area contributed by atoms with E-state index in [0.29, 0.717) is 12.8 Å². The SMILES string of the molecule is CCCCCN(C(=O)COC(=O)c1ccccc1F)c1c(N)n(CCCC)c(=O)[nH]c1=O. The fraction of sp³-hybridized carbons (Fsp3) is 0.455. The molecule has 9 nitrogen and oxygen atoms in total. The first kappa shape index (κ1) is 24.8. The van der Waals surface area contributed by atoms with E-state index in [4.69, 9.17) is 10.5 Å². The van der Waals surface area contributed by atoms with Gasteiger partial charge in [-0.05, 0) is 25.0 Å². The number of carbonyl (C=O) groups excluding carboxylic acids is 2. The van der Waals surface area contributed by atoms with Crippen LogP contribution in [0.25, 0.3) is 0 Å². The number of nitrogens with zero attached hydrogens (tertiary/aromatic N) is 2. The molecule has 0 atom stereocenters. The van der Waals surface area contributed by atoms with E-state index in [2.05, 4.69) is 4.98 Å². The summed E-state index contributed by atoms with van der Waals surface area (Å²) in [4.78, 5) is 53.2. The topological polar surface area (TPSA) is 127 Å². The monoisotopic (exact) mass is 448 g/mol. The maximum Gasteiger partial charge on any atom is 0.341 e. The fourth-order valence-corrected chi connectivity index (χ4v) is 3.17. The summed E-state index contributed by atoms with van der Waals surface area (Å²) in [6, 6.07) is 5.25. The number of halogens is 1. The van der Waals surface area contributed by atoms with Gasteiger partial charge in [0.05, 0.1) is 5.56 Å². The van der Waals surface area contributed by atoms with E-state index in [9.17, 15) is 23.6 Å². The molecule has 0 fully saturated rings. The number of hydrogen-bond donors (Lipinski definition) is 2. The van der Waals surface area contributed by atoms with Crippen molar-refractivity contribution in [3.05, 3.63) is 56.5 Å². The Morgan fingerprint density at radius 2 is 1.81 bits per heavy atom. The second kappa shape index (κ2) is 11.8. The number of esters is 1. The Bertz CT molecular complexity index is 1060. The molecule has 2 rings (SSSR count). The van der Waals surface area contributed by atoms with Gasteiger partial charge in [-0.1, -0.05) is 45.2 Å². The van der Waals surface area contributed by atoms with Crippen LogP contribution in [0.2, 0.25) is 0 Å². The smallest absolute Gasteiger partial charge is 0.341 e. The number of aromatic nitrogens is 2. The number of H-pyrrole nitrogens is 1.